The molecular weight excluding hydrogens is 258 g/mol. The van der Waals surface area contributed by atoms with Gasteiger partial charge in [0.05, 0.1) is 5.75 Å². The maximum Gasteiger partial charge on any atom is 0.230 e. The standard InChI is InChI=1S/C12H16F2N2OS/c1-8(15-2)6-16-12(17)7-18-9-3-4-10(13)11(14)5-9/h3-5,8,15H,6-7H2,1-2H3,(H,16,17). The predicted octanol–water partition coefficient (Wildman–Crippen LogP) is 1.78. The lowest BCUT2D eigenvalue weighted by Crippen LogP contribution is -2.37. The largest absolute Gasteiger partial charge is 0.354 e. The minimum absolute atomic E-state index is 0.133. The number of amides is 1. The van der Waals surface area contributed by atoms with Crippen LogP contribution in [0.2, 0.25) is 0 Å². The molecular formula is C12H16F2N2OS. The number of thioether (sulfide) groups is 1. The summed E-state index contributed by atoms with van der Waals surface area (Å²) in [6.07, 6.45) is 0. The summed E-state index contributed by atoms with van der Waals surface area (Å²) in [5.41, 5.74) is 0. The van der Waals surface area contributed by atoms with Crippen LogP contribution in [0.15, 0.2) is 23.1 Å². The number of nitrogens with one attached hydrogen (secondary N) is 2. The van der Waals surface area contributed by atoms with Gasteiger partial charge in [0, 0.05) is 17.5 Å². The maximum atomic E-state index is 12.9. The lowest BCUT2D eigenvalue weighted by atomic mass is 10.3. The van der Waals surface area contributed by atoms with E-state index in [9.17, 15) is 13.6 Å². The first-order valence-electron chi connectivity index (χ1n) is 5.54. The highest BCUT2D eigenvalue weighted by Crippen LogP contribution is 2.19. The van der Waals surface area contributed by atoms with E-state index in [0.717, 1.165) is 12.1 Å². The van der Waals surface area contributed by atoms with Gasteiger partial charge in [-0.3, -0.25) is 4.79 Å². The predicted molar refractivity (Wildman–Crippen MR) is 68.6 cm³/mol. The highest BCUT2D eigenvalue weighted by Gasteiger charge is 2.07. The van der Waals surface area contributed by atoms with E-state index in [2.05, 4.69) is 10.6 Å². The van der Waals surface area contributed by atoms with Crippen LogP contribution in [0.1, 0.15) is 6.92 Å². The maximum absolute atomic E-state index is 12.9. The van der Waals surface area contributed by atoms with Gasteiger partial charge >= 0.3 is 0 Å². The summed E-state index contributed by atoms with van der Waals surface area (Å²) in [5.74, 6) is -1.73. The first kappa shape index (κ1) is 14.9. The third-order valence-electron chi connectivity index (χ3n) is 2.36. The number of carbonyl (C=O) groups is 1. The van der Waals surface area contributed by atoms with Gasteiger partial charge in [0.15, 0.2) is 11.6 Å². The molecule has 6 heteroatoms. The van der Waals surface area contributed by atoms with Crippen molar-refractivity contribution < 1.29 is 13.6 Å². The van der Waals surface area contributed by atoms with Crippen LogP contribution in [-0.4, -0.2) is 31.3 Å². The van der Waals surface area contributed by atoms with Gasteiger partial charge in [-0.25, -0.2) is 8.78 Å². The molecule has 0 fully saturated rings. The first-order chi connectivity index (χ1) is 8.52. The van der Waals surface area contributed by atoms with Crippen LogP contribution in [0.4, 0.5) is 8.78 Å². The molecule has 1 rings (SSSR count). The van der Waals surface area contributed by atoms with E-state index in [1.807, 2.05) is 14.0 Å². The van der Waals surface area contributed by atoms with Gasteiger partial charge in [-0.15, -0.1) is 11.8 Å². The number of halogens is 2. The van der Waals surface area contributed by atoms with E-state index in [0.29, 0.717) is 11.4 Å². The van der Waals surface area contributed by atoms with Gasteiger partial charge < -0.3 is 10.6 Å². The number of benzene rings is 1. The highest BCUT2D eigenvalue weighted by atomic mass is 32.2. The van der Waals surface area contributed by atoms with Gasteiger partial charge in [-0.1, -0.05) is 0 Å². The summed E-state index contributed by atoms with van der Waals surface area (Å²) < 4.78 is 25.6. The molecule has 1 amide bonds. The summed E-state index contributed by atoms with van der Waals surface area (Å²) in [6.45, 7) is 2.48. The molecule has 0 aliphatic rings. The molecule has 1 unspecified atom stereocenters. The molecule has 18 heavy (non-hydrogen) atoms. The van der Waals surface area contributed by atoms with Crippen molar-refractivity contribution in [1.82, 2.24) is 10.6 Å². The first-order valence-corrected chi connectivity index (χ1v) is 6.53. The second kappa shape index (κ2) is 7.33. The number of hydrogen-bond acceptors (Lipinski definition) is 3. The Labute approximate surface area is 109 Å². The second-order valence-electron chi connectivity index (χ2n) is 3.86. The normalized spacial score (nSPS) is 12.2. The topological polar surface area (TPSA) is 41.1 Å². The van der Waals surface area contributed by atoms with Crippen LogP contribution in [0.25, 0.3) is 0 Å². The summed E-state index contributed by atoms with van der Waals surface area (Å²) in [6, 6.07) is 3.79. The zero-order valence-corrected chi connectivity index (χ0v) is 11.1. The molecule has 2 N–H and O–H groups in total. The van der Waals surface area contributed by atoms with Crippen molar-refractivity contribution in [2.24, 2.45) is 0 Å². The van der Waals surface area contributed by atoms with E-state index >= 15 is 0 Å². The van der Waals surface area contributed by atoms with Gasteiger partial charge in [0.2, 0.25) is 5.91 Å². The molecule has 0 spiro atoms. The van der Waals surface area contributed by atoms with Crippen molar-refractivity contribution in [3.8, 4) is 0 Å². The summed E-state index contributed by atoms with van der Waals surface area (Å²) in [5, 5.41) is 5.73. The molecule has 0 bridgehead atoms. The van der Waals surface area contributed by atoms with Crippen molar-refractivity contribution in [3.05, 3.63) is 29.8 Å². The molecule has 0 aliphatic carbocycles. The monoisotopic (exact) mass is 274 g/mol. The Morgan fingerprint density at radius 2 is 2.11 bits per heavy atom. The van der Waals surface area contributed by atoms with Crippen molar-refractivity contribution in [2.45, 2.75) is 17.9 Å². The summed E-state index contributed by atoms with van der Waals surface area (Å²) in [4.78, 5) is 12.0. The number of likely N-dealkylation sites (N-methyl/N-ethyl adjacent to an activating group) is 1. The zero-order valence-electron chi connectivity index (χ0n) is 10.3. The van der Waals surface area contributed by atoms with Crippen molar-refractivity contribution >= 4 is 17.7 Å². The Morgan fingerprint density at radius 3 is 2.72 bits per heavy atom. The fourth-order valence-corrected chi connectivity index (χ4v) is 1.89. The van der Waals surface area contributed by atoms with Gasteiger partial charge in [-0.2, -0.15) is 0 Å². The summed E-state index contributed by atoms with van der Waals surface area (Å²) in [7, 11) is 1.81. The number of hydrogen-bond donors (Lipinski definition) is 2. The van der Waals surface area contributed by atoms with E-state index in [-0.39, 0.29) is 17.7 Å². The van der Waals surface area contributed by atoms with Crippen LogP contribution in [0, 0.1) is 11.6 Å². The van der Waals surface area contributed by atoms with Crippen LogP contribution < -0.4 is 10.6 Å². The molecule has 0 aromatic heterocycles. The Balaban J connectivity index is 2.36. The Morgan fingerprint density at radius 1 is 1.39 bits per heavy atom. The van der Waals surface area contributed by atoms with E-state index < -0.39 is 11.6 Å². The average Bonchev–Trinajstić information content (AvgIpc) is 2.37. The Hall–Kier alpha value is -1.14. The van der Waals surface area contributed by atoms with Gasteiger partial charge in [0.1, 0.15) is 0 Å². The van der Waals surface area contributed by atoms with Crippen LogP contribution in [-0.2, 0) is 4.79 Å². The Kier molecular flexibility index (Phi) is 6.07. The van der Waals surface area contributed by atoms with Crippen LogP contribution in [0.3, 0.4) is 0 Å². The lowest BCUT2D eigenvalue weighted by Gasteiger charge is -2.11. The molecule has 0 saturated carbocycles. The van der Waals surface area contributed by atoms with Gasteiger partial charge in [0.25, 0.3) is 0 Å². The molecule has 0 saturated heterocycles. The fourth-order valence-electron chi connectivity index (χ4n) is 1.14. The van der Waals surface area contributed by atoms with E-state index in [4.69, 9.17) is 0 Å². The number of rotatable bonds is 6. The second-order valence-corrected chi connectivity index (χ2v) is 4.91. The van der Waals surface area contributed by atoms with Gasteiger partial charge in [-0.05, 0) is 32.2 Å². The van der Waals surface area contributed by atoms with E-state index in [1.165, 1.54) is 17.8 Å². The van der Waals surface area contributed by atoms with Crippen molar-refractivity contribution in [3.63, 3.8) is 0 Å². The zero-order chi connectivity index (χ0) is 13.5. The minimum atomic E-state index is -0.899. The number of carbonyl (C=O) groups excluding carboxylic acids is 1. The van der Waals surface area contributed by atoms with Crippen molar-refractivity contribution in [2.75, 3.05) is 19.3 Å². The van der Waals surface area contributed by atoms with Crippen LogP contribution >= 0.6 is 11.8 Å². The molecule has 0 heterocycles. The van der Waals surface area contributed by atoms with E-state index in [1.54, 1.807) is 0 Å². The molecule has 100 valence electrons. The smallest absolute Gasteiger partial charge is 0.230 e. The Bertz CT molecular complexity index is 415. The minimum Gasteiger partial charge on any atom is -0.354 e. The third kappa shape index (κ3) is 5.01. The molecule has 1 aromatic carbocycles. The molecule has 1 aromatic rings. The lowest BCUT2D eigenvalue weighted by molar-refractivity contribution is -0.118. The third-order valence-corrected chi connectivity index (χ3v) is 3.35. The molecule has 3 nitrogen and oxygen atoms in total. The SMILES string of the molecule is CNC(C)CNC(=O)CSc1ccc(F)c(F)c1. The quantitative estimate of drug-likeness (QED) is 0.777. The van der Waals surface area contributed by atoms with Crippen LogP contribution in [0.5, 0.6) is 0 Å². The molecule has 0 radical (unpaired) electrons. The molecule has 1 atom stereocenters. The average molecular weight is 274 g/mol. The molecule has 0 aliphatic heterocycles. The summed E-state index contributed by atoms with van der Waals surface area (Å²) >= 11 is 1.17. The fraction of sp³-hybridized carbons (Fsp3) is 0.417. The van der Waals surface area contributed by atoms with Crippen molar-refractivity contribution in [1.29, 1.82) is 0 Å². The highest BCUT2D eigenvalue weighted by molar-refractivity contribution is 8.00.